The van der Waals surface area contributed by atoms with Crippen molar-refractivity contribution in [2.45, 2.75) is 59.2 Å². The van der Waals surface area contributed by atoms with E-state index >= 15 is 0 Å². The largest absolute Gasteiger partial charge is 0.393 e. The van der Waals surface area contributed by atoms with Gasteiger partial charge in [-0.3, -0.25) is 0 Å². The van der Waals surface area contributed by atoms with Crippen molar-refractivity contribution in [1.82, 2.24) is 10.2 Å². The Morgan fingerprint density at radius 3 is 2.54 bits per heavy atom. The van der Waals surface area contributed by atoms with Gasteiger partial charge in [0, 0.05) is 32.2 Å². The molecule has 1 fully saturated rings. The molecule has 0 saturated carbocycles. The topological polar surface area (TPSA) is 55.8 Å². The van der Waals surface area contributed by atoms with Crippen LogP contribution in [0.4, 0.5) is 14.9 Å². The number of aliphatic hydroxyl groups is 1. The Kier molecular flexibility index (Phi) is 7.26. The number of benzene rings is 1. The highest BCUT2D eigenvalue weighted by atomic mass is 19.1. The summed E-state index contributed by atoms with van der Waals surface area (Å²) in [4.78, 5) is 16.2. The van der Waals surface area contributed by atoms with Gasteiger partial charge in [0.1, 0.15) is 5.82 Å². The van der Waals surface area contributed by atoms with Crippen LogP contribution >= 0.6 is 0 Å². The van der Waals surface area contributed by atoms with Crippen LogP contribution < -0.4 is 10.2 Å². The van der Waals surface area contributed by atoms with Gasteiger partial charge >= 0.3 is 6.03 Å². The smallest absolute Gasteiger partial charge is 0.317 e. The Morgan fingerprint density at radius 2 is 2.00 bits per heavy atom. The molecule has 0 aliphatic carbocycles. The quantitative estimate of drug-likeness (QED) is 0.813. The van der Waals surface area contributed by atoms with E-state index in [0.717, 1.165) is 5.56 Å². The SMILES string of the molecule is CCN(C(=O)NCc1ccc(N2CCC(O)CC2)c(F)c1)C(C)C(C)C. The van der Waals surface area contributed by atoms with Crippen LogP contribution in [0.25, 0.3) is 0 Å². The van der Waals surface area contributed by atoms with Gasteiger partial charge in [-0.25, -0.2) is 9.18 Å². The molecule has 0 radical (unpaired) electrons. The van der Waals surface area contributed by atoms with E-state index in [-0.39, 0.29) is 24.0 Å². The maximum absolute atomic E-state index is 14.5. The van der Waals surface area contributed by atoms with Crippen molar-refractivity contribution in [3.8, 4) is 0 Å². The Morgan fingerprint density at radius 1 is 1.35 bits per heavy atom. The number of aliphatic hydroxyl groups excluding tert-OH is 1. The number of carbonyl (C=O) groups is 1. The Bertz CT molecular complexity index is 601. The molecule has 0 aromatic heterocycles. The zero-order valence-corrected chi connectivity index (χ0v) is 16.3. The van der Waals surface area contributed by atoms with Crippen LogP contribution in [0, 0.1) is 11.7 Å². The number of carbonyl (C=O) groups excluding carboxylic acids is 1. The van der Waals surface area contributed by atoms with Crippen LogP contribution in [0.5, 0.6) is 0 Å². The van der Waals surface area contributed by atoms with Crippen LogP contribution in [0.2, 0.25) is 0 Å². The second kappa shape index (κ2) is 9.21. The van der Waals surface area contributed by atoms with Gasteiger partial charge in [0.15, 0.2) is 0 Å². The third kappa shape index (κ3) is 5.10. The molecular formula is C20H32FN3O2. The maximum Gasteiger partial charge on any atom is 0.317 e. The zero-order chi connectivity index (χ0) is 19.3. The Hall–Kier alpha value is -1.82. The normalized spacial score (nSPS) is 16.7. The summed E-state index contributed by atoms with van der Waals surface area (Å²) in [5, 5.41) is 12.5. The van der Waals surface area contributed by atoms with Gasteiger partial charge in [-0.2, -0.15) is 0 Å². The fraction of sp³-hybridized carbons (Fsp3) is 0.650. The first-order valence-electron chi connectivity index (χ1n) is 9.59. The molecule has 0 spiro atoms. The fourth-order valence-electron chi connectivity index (χ4n) is 3.28. The first-order valence-corrected chi connectivity index (χ1v) is 9.59. The predicted molar refractivity (Wildman–Crippen MR) is 103 cm³/mol. The number of anilines is 1. The molecular weight excluding hydrogens is 333 g/mol. The molecule has 0 bridgehead atoms. The summed E-state index contributed by atoms with van der Waals surface area (Å²) in [6, 6.07) is 5.13. The van der Waals surface area contributed by atoms with E-state index < -0.39 is 0 Å². The van der Waals surface area contributed by atoms with Crippen LogP contribution in [0.15, 0.2) is 18.2 Å². The molecule has 2 N–H and O–H groups in total. The summed E-state index contributed by atoms with van der Waals surface area (Å²) in [6.45, 7) is 10.4. The van der Waals surface area contributed by atoms with Gasteiger partial charge in [-0.15, -0.1) is 0 Å². The average Bonchev–Trinajstić information content (AvgIpc) is 2.61. The first-order chi connectivity index (χ1) is 12.3. The third-order valence-corrected chi connectivity index (χ3v) is 5.32. The lowest BCUT2D eigenvalue weighted by Gasteiger charge is -2.32. The second-order valence-electron chi connectivity index (χ2n) is 7.43. The molecule has 1 aliphatic heterocycles. The Balaban J connectivity index is 1.96. The molecule has 1 heterocycles. The van der Waals surface area contributed by atoms with Gasteiger partial charge in [-0.1, -0.05) is 19.9 Å². The van der Waals surface area contributed by atoms with E-state index in [9.17, 15) is 14.3 Å². The number of nitrogens with zero attached hydrogens (tertiary/aromatic N) is 2. The fourth-order valence-corrected chi connectivity index (χ4v) is 3.28. The summed E-state index contributed by atoms with van der Waals surface area (Å²) in [5.41, 5.74) is 1.31. The summed E-state index contributed by atoms with van der Waals surface area (Å²) in [5.74, 6) is 0.0940. The number of nitrogens with one attached hydrogen (secondary N) is 1. The van der Waals surface area contributed by atoms with Gasteiger partial charge in [-0.05, 0) is 50.3 Å². The average molecular weight is 365 g/mol. The minimum Gasteiger partial charge on any atom is -0.393 e. The minimum absolute atomic E-state index is 0.122. The number of halogens is 1. The van der Waals surface area contributed by atoms with Gasteiger partial charge in [0.2, 0.25) is 0 Å². The lowest BCUT2D eigenvalue weighted by Crippen LogP contribution is -2.46. The molecule has 1 unspecified atom stereocenters. The molecule has 2 amide bonds. The molecule has 1 aliphatic rings. The van der Waals surface area contributed by atoms with E-state index in [1.165, 1.54) is 6.07 Å². The summed E-state index contributed by atoms with van der Waals surface area (Å²) < 4.78 is 14.5. The van der Waals surface area contributed by atoms with Crippen molar-refractivity contribution >= 4 is 11.7 Å². The molecule has 5 nitrogen and oxygen atoms in total. The number of amides is 2. The molecule has 1 aromatic rings. The van der Waals surface area contributed by atoms with Crippen molar-refractivity contribution in [2.75, 3.05) is 24.5 Å². The van der Waals surface area contributed by atoms with E-state index in [2.05, 4.69) is 19.2 Å². The highest BCUT2D eigenvalue weighted by Gasteiger charge is 2.22. The predicted octanol–water partition coefficient (Wildman–Crippen LogP) is 3.36. The molecule has 2 rings (SSSR count). The van der Waals surface area contributed by atoms with E-state index in [1.54, 1.807) is 11.0 Å². The van der Waals surface area contributed by atoms with E-state index in [1.807, 2.05) is 24.8 Å². The van der Waals surface area contributed by atoms with Crippen LogP contribution in [0.3, 0.4) is 0 Å². The number of urea groups is 1. The van der Waals surface area contributed by atoms with E-state index in [0.29, 0.717) is 50.6 Å². The van der Waals surface area contributed by atoms with Crippen molar-refractivity contribution in [2.24, 2.45) is 5.92 Å². The number of hydrogen-bond donors (Lipinski definition) is 2. The molecule has 1 saturated heterocycles. The van der Waals surface area contributed by atoms with Crippen LogP contribution in [-0.4, -0.2) is 47.8 Å². The first kappa shape index (κ1) is 20.5. The van der Waals surface area contributed by atoms with Crippen LogP contribution in [-0.2, 0) is 6.54 Å². The van der Waals surface area contributed by atoms with Crippen molar-refractivity contribution in [1.29, 1.82) is 0 Å². The minimum atomic E-state index is -0.281. The molecule has 146 valence electrons. The lowest BCUT2D eigenvalue weighted by molar-refractivity contribution is 0.145. The highest BCUT2D eigenvalue weighted by molar-refractivity contribution is 5.74. The van der Waals surface area contributed by atoms with E-state index in [4.69, 9.17) is 0 Å². The molecule has 1 atom stereocenters. The van der Waals surface area contributed by atoms with Crippen molar-refractivity contribution < 1.29 is 14.3 Å². The molecule has 26 heavy (non-hydrogen) atoms. The number of piperidine rings is 1. The number of hydrogen-bond acceptors (Lipinski definition) is 3. The maximum atomic E-state index is 14.5. The summed E-state index contributed by atoms with van der Waals surface area (Å²) in [6.07, 6.45) is 1.05. The van der Waals surface area contributed by atoms with Gasteiger partial charge in [0.25, 0.3) is 0 Å². The number of rotatable bonds is 6. The standard InChI is InChI=1S/C20H32FN3O2/c1-5-24(15(4)14(2)3)20(26)22-13-16-6-7-19(18(21)12-16)23-10-8-17(25)9-11-23/h6-7,12,14-15,17,25H,5,8-11,13H2,1-4H3,(H,22,26). The third-order valence-electron chi connectivity index (χ3n) is 5.32. The molecule has 1 aromatic carbocycles. The molecule has 6 heteroatoms. The highest BCUT2D eigenvalue weighted by Crippen LogP contribution is 2.24. The second-order valence-corrected chi connectivity index (χ2v) is 7.43. The van der Waals surface area contributed by atoms with Gasteiger partial charge < -0.3 is 20.2 Å². The summed E-state index contributed by atoms with van der Waals surface area (Å²) >= 11 is 0. The van der Waals surface area contributed by atoms with Crippen molar-refractivity contribution in [3.63, 3.8) is 0 Å². The van der Waals surface area contributed by atoms with Crippen molar-refractivity contribution in [3.05, 3.63) is 29.6 Å². The van der Waals surface area contributed by atoms with Gasteiger partial charge in [0.05, 0.1) is 11.8 Å². The Labute approximate surface area is 156 Å². The summed E-state index contributed by atoms with van der Waals surface area (Å²) in [7, 11) is 0. The zero-order valence-electron chi connectivity index (χ0n) is 16.3. The monoisotopic (exact) mass is 365 g/mol. The van der Waals surface area contributed by atoms with Crippen LogP contribution in [0.1, 0.15) is 46.1 Å². The lowest BCUT2D eigenvalue weighted by atomic mass is 10.1.